The summed E-state index contributed by atoms with van der Waals surface area (Å²) in [4.78, 5) is 4.05. The lowest BCUT2D eigenvalue weighted by molar-refractivity contribution is 1.29. The van der Waals surface area contributed by atoms with Crippen molar-refractivity contribution in [2.45, 2.75) is 0 Å². The Bertz CT molecular complexity index is 615. The van der Waals surface area contributed by atoms with Gasteiger partial charge in [0.25, 0.3) is 0 Å². The van der Waals surface area contributed by atoms with Crippen molar-refractivity contribution < 1.29 is 0 Å². The van der Waals surface area contributed by atoms with Crippen LogP contribution in [0.4, 0.5) is 11.5 Å². The molecule has 6 heteroatoms. The number of pyridine rings is 1. The van der Waals surface area contributed by atoms with Crippen molar-refractivity contribution in [3.05, 3.63) is 51.1 Å². The van der Waals surface area contributed by atoms with Crippen molar-refractivity contribution in [3.8, 4) is 6.07 Å². The first-order valence-electron chi connectivity index (χ1n) is 4.89. The minimum Gasteiger partial charge on any atom is -0.338 e. The second kappa shape index (κ2) is 5.45. The molecule has 0 fully saturated rings. The van der Waals surface area contributed by atoms with E-state index in [1.54, 1.807) is 24.3 Å². The molecule has 0 spiro atoms. The quantitative estimate of drug-likeness (QED) is 0.820. The van der Waals surface area contributed by atoms with E-state index in [0.29, 0.717) is 27.1 Å². The SMILES string of the molecule is N#Cc1cc(Cl)nc(Nc2c(Cl)cccc2Cl)c1. The second-order valence-electron chi connectivity index (χ2n) is 3.40. The fourth-order valence-corrected chi connectivity index (χ4v) is 2.07. The number of aromatic nitrogens is 1. The van der Waals surface area contributed by atoms with Gasteiger partial charge in [0.15, 0.2) is 0 Å². The molecule has 18 heavy (non-hydrogen) atoms. The van der Waals surface area contributed by atoms with E-state index in [0.717, 1.165) is 0 Å². The van der Waals surface area contributed by atoms with Gasteiger partial charge in [0.1, 0.15) is 11.0 Å². The molecule has 0 aliphatic heterocycles. The van der Waals surface area contributed by atoms with Gasteiger partial charge in [0.2, 0.25) is 0 Å². The Morgan fingerprint density at radius 2 is 1.78 bits per heavy atom. The van der Waals surface area contributed by atoms with E-state index in [-0.39, 0.29) is 5.15 Å². The molecule has 0 radical (unpaired) electrons. The van der Waals surface area contributed by atoms with Gasteiger partial charge in [-0.2, -0.15) is 5.26 Å². The lowest BCUT2D eigenvalue weighted by Crippen LogP contribution is -1.96. The van der Waals surface area contributed by atoms with Gasteiger partial charge in [-0.05, 0) is 24.3 Å². The molecule has 0 bridgehead atoms. The molecule has 0 atom stereocenters. The Balaban J connectivity index is 2.40. The third-order valence-corrected chi connectivity index (χ3v) is 2.96. The van der Waals surface area contributed by atoms with Crippen LogP contribution in [0.5, 0.6) is 0 Å². The van der Waals surface area contributed by atoms with Crippen LogP contribution in [0.15, 0.2) is 30.3 Å². The van der Waals surface area contributed by atoms with Crippen LogP contribution in [-0.2, 0) is 0 Å². The van der Waals surface area contributed by atoms with E-state index >= 15 is 0 Å². The van der Waals surface area contributed by atoms with E-state index < -0.39 is 0 Å². The van der Waals surface area contributed by atoms with Crippen molar-refractivity contribution in [1.29, 1.82) is 5.26 Å². The molecule has 2 aromatic rings. The lowest BCUT2D eigenvalue weighted by atomic mass is 10.2. The van der Waals surface area contributed by atoms with Crippen LogP contribution in [0, 0.1) is 11.3 Å². The molecule has 2 rings (SSSR count). The minimum absolute atomic E-state index is 0.222. The summed E-state index contributed by atoms with van der Waals surface area (Å²) in [5.41, 5.74) is 0.931. The summed E-state index contributed by atoms with van der Waals surface area (Å²) in [5, 5.41) is 12.9. The summed E-state index contributed by atoms with van der Waals surface area (Å²) < 4.78 is 0. The molecule has 0 unspecified atom stereocenters. The maximum absolute atomic E-state index is 8.85. The number of para-hydroxylation sites is 1. The number of hydrogen-bond acceptors (Lipinski definition) is 3. The highest BCUT2D eigenvalue weighted by Crippen LogP contribution is 2.32. The van der Waals surface area contributed by atoms with Crippen LogP contribution in [0.25, 0.3) is 0 Å². The van der Waals surface area contributed by atoms with Gasteiger partial charge in [-0.3, -0.25) is 0 Å². The maximum Gasteiger partial charge on any atom is 0.133 e. The fraction of sp³-hybridized carbons (Fsp3) is 0. The highest BCUT2D eigenvalue weighted by molar-refractivity contribution is 6.39. The highest BCUT2D eigenvalue weighted by atomic mass is 35.5. The number of nitriles is 1. The zero-order valence-electron chi connectivity index (χ0n) is 8.92. The summed E-state index contributed by atoms with van der Waals surface area (Å²) >= 11 is 17.8. The van der Waals surface area contributed by atoms with Crippen molar-refractivity contribution >= 4 is 46.3 Å². The third-order valence-electron chi connectivity index (χ3n) is 2.14. The molecular formula is C12H6Cl3N3. The zero-order chi connectivity index (χ0) is 13.1. The van der Waals surface area contributed by atoms with Gasteiger partial charge in [-0.25, -0.2) is 4.98 Å². The third kappa shape index (κ3) is 2.85. The van der Waals surface area contributed by atoms with Crippen LogP contribution in [-0.4, -0.2) is 4.98 Å². The van der Waals surface area contributed by atoms with Gasteiger partial charge in [0.05, 0.1) is 27.4 Å². The van der Waals surface area contributed by atoms with Gasteiger partial charge in [-0.1, -0.05) is 40.9 Å². The topological polar surface area (TPSA) is 48.7 Å². The molecule has 1 aromatic heterocycles. The monoisotopic (exact) mass is 297 g/mol. The molecule has 1 heterocycles. The molecule has 3 nitrogen and oxygen atoms in total. The predicted molar refractivity (Wildman–Crippen MR) is 73.7 cm³/mol. The van der Waals surface area contributed by atoms with Gasteiger partial charge in [-0.15, -0.1) is 0 Å². The van der Waals surface area contributed by atoms with Crippen LogP contribution in [0.2, 0.25) is 15.2 Å². The van der Waals surface area contributed by atoms with Crippen LogP contribution in [0.3, 0.4) is 0 Å². The second-order valence-corrected chi connectivity index (χ2v) is 4.60. The molecule has 0 saturated carbocycles. The Morgan fingerprint density at radius 1 is 1.11 bits per heavy atom. The molecule has 0 aliphatic rings. The van der Waals surface area contributed by atoms with E-state index in [9.17, 15) is 0 Å². The fourth-order valence-electron chi connectivity index (χ4n) is 1.37. The Hall–Kier alpha value is -1.47. The number of nitrogens with one attached hydrogen (secondary N) is 1. The standard InChI is InChI=1S/C12H6Cl3N3/c13-8-2-1-3-9(14)12(8)18-11-5-7(6-16)4-10(15)17-11/h1-5H,(H,17,18). The molecule has 0 saturated heterocycles. The first kappa shape index (κ1) is 13.0. The summed E-state index contributed by atoms with van der Waals surface area (Å²) in [6.07, 6.45) is 0. The van der Waals surface area contributed by atoms with Crippen LogP contribution < -0.4 is 5.32 Å². The number of halogens is 3. The van der Waals surface area contributed by atoms with Crippen molar-refractivity contribution in [2.24, 2.45) is 0 Å². The van der Waals surface area contributed by atoms with Crippen molar-refractivity contribution in [2.75, 3.05) is 5.32 Å². The van der Waals surface area contributed by atoms with Gasteiger partial charge >= 0.3 is 0 Å². The Kier molecular flexibility index (Phi) is 3.93. The average Bonchev–Trinajstić information content (AvgIpc) is 2.33. The molecule has 0 amide bonds. The molecule has 90 valence electrons. The summed E-state index contributed by atoms with van der Waals surface area (Å²) in [6, 6.07) is 10.2. The van der Waals surface area contributed by atoms with E-state index in [4.69, 9.17) is 40.1 Å². The van der Waals surface area contributed by atoms with E-state index in [1.165, 1.54) is 6.07 Å². The number of hydrogen-bond donors (Lipinski definition) is 1. The highest BCUT2D eigenvalue weighted by Gasteiger charge is 2.07. The average molecular weight is 299 g/mol. The molecule has 1 N–H and O–H groups in total. The molecule has 0 aliphatic carbocycles. The number of rotatable bonds is 2. The summed E-state index contributed by atoms with van der Waals surface area (Å²) in [6.45, 7) is 0. The first-order valence-corrected chi connectivity index (χ1v) is 6.02. The Morgan fingerprint density at radius 3 is 2.39 bits per heavy atom. The van der Waals surface area contributed by atoms with Gasteiger partial charge < -0.3 is 5.32 Å². The van der Waals surface area contributed by atoms with Crippen molar-refractivity contribution in [1.82, 2.24) is 4.98 Å². The summed E-state index contributed by atoms with van der Waals surface area (Å²) in [7, 11) is 0. The van der Waals surface area contributed by atoms with E-state index in [1.807, 2.05) is 6.07 Å². The van der Waals surface area contributed by atoms with Crippen LogP contribution in [0.1, 0.15) is 5.56 Å². The smallest absolute Gasteiger partial charge is 0.133 e. The maximum atomic E-state index is 8.85. The Labute approximate surface area is 119 Å². The van der Waals surface area contributed by atoms with Crippen LogP contribution >= 0.6 is 34.8 Å². The summed E-state index contributed by atoms with van der Waals surface area (Å²) in [5.74, 6) is 0.411. The number of anilines is 2. The van der Waals surface area contributed by atoms with Crippen molar-refractivity contribution in [3.63, 3.8) is 0 Å². The molecule has 1 aromatic carbocycles. The first-order chi connectivity index (χ1) is 8.60. The van der Waals surface area contributed by atoms with Gasteiger partial charge in [0, 0.05) is 0 Å². The lowest BCUT2D eigenvalue weighted by Gasteiger charge is -2.09. The number of nitrogens with zero attached hydrogens (tertiary/aromatic N) is 2. The minimum atomic E-state index is 0.222. The predicted octanol–water partition coefficient (Wildman–Crippen LogP) is 4.66. The van der Waals surface area contributed by atoms with E-state index in [2.05, 4.69) is 10.3 Å². The normalized spacial score (nSPS) is 9.89. The molecular weight excluding hydrogens is 293 g/mol. The largest absolute Gasteiger partial charge is 0.338 e. The zero-order valence-corrected chi connectivity index (χ0v) is 11.2. The number of benzene rings is 1.